The van der Waals surface area contributed by atoms with Crippen molar-refractivity contribution < 1.29 is 28.4 Å². The Kier molecular flexibility index (Phi) is 6.38. The Morgan fingerprint density at radius 1 is 0.941 bits per heavy atom. The molecule has 7 nitrogen and oxygen atoms in total. The number of fused-ring (bicyclic) bond motifs is 2. The number of methoxy groups -OCH3 is 2. The van der Waals surface area contributed by atoms with Crippen LogP contribution in [0.25, 0.3) is 0 Å². The van der Waals surface area contributed by atoms with Gasteiger partial charge in [0.05, 0.1) is 20.8 Å². The summed E-state index contributed by atoms with van der Waals surface area (Å²) >= 11 is 0. The van der Waals surface area contributed by atoms with Gasteiger partial charge in [-0.05, 0) is 50.5 Å². The molecule has 1 aliphatic carbocycles. The van der Waals surface area contributed by atoms with E-state index in [0.29, 0.717) is 29.9 Å². The van der Waals surface area contributed by atoms with Gasteiger partial charge >= 0.3 is 0 Å². The highest BCUT2D eigenvalue weighted by molar-refractivity contribution is 5.60. The van der Waals surface area contributed by atoms with Crippen molar-refractivity contribution >= 4 is 0 Å². The van der Waals surface area contributed by atoms with Crippen molar-refractivity contribution in [3.05, 3.63) is 35.4 Å². The van der Waals surface area contributed by atoms with Gasteiger partial charge in [0.2, 0.25) is 12.5 Å². The van der Waals surface area contributed by atoms with E-state index in [-0.39, 0.29) is 12.7 Å². The number of ether oxygens (including phenoxy) is 6. The van der Waals surface area contributed by atoms with E-state index < -0.39 is 5.72 Å². The fourth-order valence-corrected chi connectivity index (χ4v) is 5.54. The van der Waals surface area contributed by atoms with Crippen molar-refractivity contribution in [3.8, 4) is 34.5 Å². The Balaban J connectivity index is 1.57. The van der Waals surface area contributed by atoms with Gasteiger partial charge in [-0.3, -0.25) is 5.32 Å². The van der Waals surface area contributed by atoms with Crippen molar-refractivity contribution in [1.82, 2.24) is 5.32 Å². The van der Waals surface area contributed by atoms with Crippen molar-refractivity contribution in [2.45, 2.75) is 70.1 Å². The predicted molar refractivity (Wildman–Crippen MR) is 129 cm³/mol. The molecule has 2 aliphatic heterocycles. The van der Waals surface area contributed by atoms with Gasteiger partial charge in [0.25, 0.3) is 0 Å². The quantitative estimate of drug-likeness (QED) is 0.584. The molecule has 2 aromatic rings. The maximum atomic E-state index is 6.64. The van der Waals surface area contributed by atoms with Crippen LogP contribution in [0.1, 0.15) is 69.4 Å². The zero-order chi connectivity index (χ0) is 23.7. The minimum Gasteiger partial charge on any atom is -0.493 e. The van der Waals surface area contributed by atoms with Gasteiger partial charge in [0.1, 0.15) is 5.75 Å². The van der Waals surface area contributed by atoms with Gasteiger partial charge in [0, 0.05) is 30.0 Å². The standard InChI is InChI=1S/C27H35NO6/c1-5-31-26-24(29-3)11-17(12-25(26)30-4)20-15-27(2,28-18-9-7-6-8-10-18)34-21-14-23-22(13-19(20)21)32-16-33-23/h11-14,18,20,28H,5-10,15-16H2,1-4H3. The summed E-state index contributed by atoms with van der Waals surface area (Å²) in [7, 11) is 3.32. The monoisotopic (exact) mass is 469 g/mol. The molecule has 2 aromatic carbocycles. The van der Waals surface area contributed by atoms with Crippen molar-refractivity contribution in [2.24, 2.45) is 0 Å². The average Bonchev–Trinajstić information content (AvgIpc) is 3.30. The molecule has 184 valence electrons. The molecule has 2 atom stereocenters. The second kappa shape index (κ2) is 9.45. The van der Waals surface area contributed by atoms with Gasteiger partial charge < -0.3 is 28.4 Å². The van der Waals surface area contributed by atoms with E-state index in [9.17, 15) is 0 Å². The van der Waals surface area contributed by atoms with Crippen LogP contribution >= 0.6 is 0 Å². The average molecular weight is 470 g/mol. The van der Waals surface area contributed by atoms with Crippen LogP contribution in [-0.2, 0) is 0 Å². The number of nitrogens with one attached hydrogen (secondary N) is 1. The third-order valence-electron chi connectivity index (χ3n) is 7.10. The van der Waals surface area contributed by atoms with Crippen LogP contribution in [0.15, 0.2) is 24.3 Å². The maximum Gasteiger partial charge on any atom is 0.231 e. The van der Waals surface area contributed by atoms with Crippen molar-refractivity contribution in [2.75, 3.05) is 27.6 Å². The summed E-state index contributed by atoms with van der Waals surface area (Å²) in [6, 6.07) is 8.59. The molecule has 5 rings (SSSR count). The lowest BCUT2D eigenvalue weighted by atomic mass is 9.81. The van der Waals surface area contributed by atoms with Crippen LogP contribution in [-0.4, -0.2) is 39.4 Å². The first-order chi connectivity index (χ1) is 16.5. The molecule has 1 saturated carbocycles. The Morgan fingerprint density at radius 2 is 1.62 bits per heavy atom. The van der Waals surface area contributed by atoms with E-state index in [0.717, 1.165) is 34.8 Å². The molecule has 3 aliphatic rings. The molecule has 34 heavy (non-hydrogen) atoms. The first kappa shape index (κ1) is 23.0. The molecule has 0 aromatic heterocycles. The SMILES string of the molecule is CCOc1c(OC)cc(C2CC(C)(NC3CCCCC3)Oc3cc4c(cc32)OCO4)cc1OC. The molecule has 0 amide bonds. The Morgan fingerprint density at radius 3 is 2.26 bits per heavy atom. The molecule has 0 bridgehead atoms. The molecular formula is C27H35NO6. The smallest absolute Gasteiger partial charge is 0.231 e. The summed E-state index contributed by atoms with van der Waals surface area (Å²) in [6.07, 6.45) is 6.97. The summed E-state index contributed by atoms with van der Waals surface area (Å²) in [5, 5.41) is 3.85. The fourth-order valence-electron chi connectivity index (χ4n) is 5.54. The zero-order valence-corrected chi connectivity index (χ0v) is 20.6. The lowest BCUT2D eigenvalue weighted by Gasteiger charge is -2.43. The second-order valence-electron chi connectivity index (χ2n) is 9.50. The summed E-state index contributed by atoms with van der Waals surface area (Å²) in [4.78, 5) is 0. The van der Waals surface area contributed by atoms with Gasteiger partial charge in [-0.2, -0.15) is 0 Å². The van der Waals surface area contributed by atoms with Crippen LogP contribution in [0, 0.1) is 0 Å². The summed E-state index contributed by atoms with van der Waals surface area (Å²) < 4.78 is 35.3. The van der Waals surface area contributed by atoms with E-state index >= 15 is 0 Å². The topological polar surface area (TPSA) is 67.4 Å². The molecule has 2 unspecified atom stereocenters. The lowest BCUT2D eigenvalue weighted by Crippen LogP contribution is -2.55. The van der Waals surface area contributed by atoms with Gasteiger partial charge in [-0.1, -0.05) is 19.3 Å². The van der Waals surface area contributed by atoms with E-state index in [1.54, 1.807) is 14.2 Å². The fraction of sp³-hybridized carbons (Fsp3) is 0.556. The molecule has 1 fully saturated rings. The van der Waals surface area contributed by atoms with E-state index in [2.05, 4.69) is 30.4 Å². The lowest BCUT2D eigenvalue weighted by molar-refractivity contribution is 0.00830. The number of benzene rings is 2. The van der Waals surface area contributed by atoms with Crippen molar-refractivity contribution in [3.63, 3.8) is 0 Å². The Bertz CT molecular complexity index is 1010. The normalized spacial score (nSPS) is 23.7. The molecule has 0 spiro atoms. The highest BCUT2D eigenvalue weighted by Gasteiger charge is 2.41. The highest BCUT2D eigenvalue weighted by Crippen LogP contribution is 2.51. The second-order valence-corrected chi connectivity index (χ2v) is 9.50. The van der Waals surface area contributed by atoms with E-state index in [1.165, 1.54) is 32.1 Å². The highest BCUT2D eigenvalue weighted by atomic mass is 16.7. The zero-order valence-electron chi connectivity index (χ0n) is 20.6. The largest absolute Gasteiger partial charge is 0.493 e. The first-order valence-electron chi connectivity index (χ1n) is 12.3. The third kappa shape index (κ3) is 4.33. The minimum absolute atomic E-state index is 0.0396. The third-order valence-corrected chi connectivity index (χ3v) is 7.10. The molecule has 7 heteroatoms. The number of hydrogen-bond acceptors (Lipinski definition) is 7. The summed E-state index contributed by atoms with van der Waals surface area (Å²) in [6.45, 7) is 4.86. The molecule has 1 N–H and O–H groups in total. The van der Waals surface area contributed by atoms with E-state index in [4.69, 9.17) is 28.4 Å². The predicted octanol–water partition coefficient (Wildman–Crippen LogP) is 5.38. The minimum atomic E-state index is -0.521. The van der Waals surface area contributed by atoms with Gasteiger partial charge in [0.15, 0.2) is 28.7 Å². The first-order valence-corrected chi connectivity index (χ1v) is 12.3. The molecule has 0 saturated heterocycles. The number of rotatable bonds is 7. The van der Waals surface area contributed by atoms with Crippen LogP contribution in [0.5, 0.6) is 34.5 Å². The van der Waals surface area contributed by atoms with Crippen LogP contribution in [0.4, 0.5) is 0 Å². The molecule has 0 radical (unpaired) electrons. The van der Waals surface area contributed by atoms with E-state index in [1.807, 2.05) is 13.0 Å². The summed E-state index contributed by atoms with van der Waals surface area (Å²) in [5.41, 5.74) is 1.63. The molecule has 2 heterocycles. The Hall–Kier alpha value is -2.80. The van der Waals surface area contributed by atoms with Crippen LogP contribution in [0.2, 0.25) is 0 Å². The van der Waals surface area contributed by atoms with Crippen LogP contribution in [0.3, 0.4) is 0 Å². The van der Waals surface area contributed by atoms with Gasteiger partial charge in [-0.15, -0.1) is 0 Å². The van der Waals surface area contributed by atoms with Gasteiger partial charge in [-0.25, -0.2) is 0 Å². The Labute approximate surface area is 201 Å². The van der Waals surface area contributed by atoms with Crippen LogP contribution < -0.4 is 33.7 Å². The molecular weight excluding hydrogens is 434 g/mol. The summed E-state index contributed by atoms with van der Waals surface area (Å²) in [5.74, 6) is 4.27. The number of hydrogen-bond donors (Lipinski definition) is 1. The van der Waals surface area contributed by atoms with Crippen molar-refractivity contribution in [1.29, 1.82) is 0 Å². The maximum absolute atomic E-state index is 6.64.